The van der Waals surface area contributed by atoms with E-state index in [-0.39, 0.29) is 5.97 Å². The molecule has 0 amide bonds. The van der Waals surface area contributed by atoms with Crippen molar-refractivity contribution in [2.75, 3.05) is 11.9 Å². The highest BCUT2D eigenvalue weighted by Gasteiger charge is 2.27. The molecule has 0 spiro atoms. The minimum Gasteiger partial charge on any atom is -0.462 e. The molecule has 4 rings (SSSR count). The number of esters is 1. The Morgan fingerprint density at radius 2 is 2.04 bits per heavy atom. The fraction of sp³-hybridized carbons (Fsp3) is 0.381. The quantitative estimate of drug-likeness (QED) is 0.694. The third-order valence-corrected chi connectivity index (χ3v) is 5.02. The maximum atomic E-state index is 12.7. The maximum absolute atomic E-state index is 12.7. The lowest BCUT2D eigenvalue weighted by atomic mass is 10.1. The number of carbonyl (C=O) groups is 1. The smallest absolute Gasteiger partial charge is 0.342 e. The van der Waals surface area contributed by atoms with E-state index in [4.69, 9.17) is 4.74 Å². The van der Waals surface area contributed by atoms with Crippen LogP contribution in [0.4, 0.5) is 5.82 Å². The van der Waals surface area contributed by atoms with Crippen molar-refractivity contribution in [2.24, 2.45) is 0 Å². The van der Waals surface area contributed by atoms with Crippen molar-refractivity contribution in [3.63, 3.8) is 0 Å². The van der Waals surface area contributed by atoms with Crippen molar-refractivity contribution in [1.82, 2.24) is 14.5 Å². The molecular weight excluding hydrogens is 340 g/mol. The molecule has 0 saturated carbocycles. The van der Waals surface area contributed by atoms with E-state index in [0.717, 1.165) is 49.3 Å². The second kappa shape index (κ2) is 7.78. The number of hydrogen-bond acceptors (Lipinski definition) is 5. The zero-order valence-corrected chi connectivity index (χ0v) is 15.6. The minimum atomic E-state index is -0.286. The van der Waals surface area contributed by atoms with Gasteiger partial charge in [0.05, 0.1) is 6.61 Å². The van der Waals surface area contributed by atoms with Gasteiger partial charge in [0.25, 0.3) is 0 Å². The first-order valence-electron chi connectivity index (χ1n) is 9.60. The van der Waals surface area contributed by atoms with Crippen molar-refractivity contribution in [2.45, 2.75) is 45.7 Å². The van der Waals surface area contributed by atoms with Gasteiger partial charge in [0.2, 0.25) is 0 Å². The predicted molar refractivity (Wildman–Crippen MR) is 105 cm³/mol. The molecule has 6 nitrogen and oxygen atoms in total. The van der Waals surface area contributed by atoms with Gasteiger partial charge in [-0.3, -0.25) is 0 Å². The van der Waals surface area contributed by atoms with Crippen LogP contribution < -0.4 is 5.32 Å². The number of carbonyl (C=O) groups excluding carboxylic acids is 1. The summed E-state index contributed by atoms with van der Waals surface area (Å²) in [5, 5.41) is 3.43. The van der Waals surface area contributed by atoms with Gasteiger partial charge in [-0.05, 0) is 31.7 Å². The second-order valence-corrected chi connectivity index (χ2v) is 6.76. The Labute approximate surface area is 158 Å². The molecule has 3 aromatic rings. The second-order valence-electron chi connectivity index (χ2n) is 6.76. The summed E-state index contributed by atoms with van der Waals surface area (Å²) in [7, 11) is 0. The minimum absolute atomic E-state index is 0.286. The van der Waals surface area contributed by atoms with Crippen molar-refractivity contribution in [1.29, 1.82) is 0 Å². The van der Waals surface area contributed by atoms with E-state index < -0.39 is 0 Å². The average molecular weight is 364 g/mol. The molecule has 0 saturated heterocycles. The van der Waals surface area contributed by atoms with Crippen LogP contribution in [0.1, 0.15) is 47.8 Å². The van der Waals surface area contributed by atoms with Gasteiger partial charge in [0.1, 0.15) is 22.9 Å². The van der Waals surface area contributed by atoms with Gasteiger partial charge >= 0.3 is 5.97 Å². The van der Waals surface area contributed by atoms with Crippen molar-refractivity contribution >= 4 is 22.8 Å². The van der Waals surface area contributed by atoms with Crippen LogP contribution in [-0.2, 0) is 24.2 Å². The Hall–Kier alpha value is -2.89. The summed E-state index contributed by atoms with van der Waals surface area (Å²) in [6.45, 7) is 3.73. The molecular formula is C21H24N4O2. The number of nitrogens with zero attached hydrogens (tertiary/aromatic N) is 3. The summed E-state index contributed by atoms with van der Waals surface area (Å²) in [6, 6.07) is 10.2. The lowest BCUT2D eigenvalue weighted by molar-refractivity contribution is 0.0527. The Balaban J connectivity index is 1.80. The summed E-state index contributed by atoms with van der Waals surface area (Å²) in [5.74, 6) is 0.480. The van der Waals surface area contributed by atoms with Crippen LogP contribution in [0.3, 0.4) is 0 Å². The number of aryl methyl sites for hydroxylation is 1. The summed E-state index contributed by atoms with van der Waals surface area (Å²) < 4.78 is 7.56. The van der Waals surface area contributed by atoms with Crippen molar-refractivity contribution < 1.29 is 9.53 Å². The highest BCUT2D eigenvalue weighted by molar-refractivity contribution is 6.06. The van der Waals surface area contributed by atoms with Crippen LogP contribution in [0.25, 0.3) is 11.0 Å². The fourth-order valence-corrected chi connectivity index (χ4v) is 3.80. The zero-order valence-electron chi connectivity index (χ0n) is 15.6. The largest absolute Gasteiger partial charge is 0.462 e. The van der Waals surface area contributed by atoms with E-state index in [2.05, 4.69) is 32.0 Å². The van der Waals surface area contributed by atoms with Crippen LogP contribution in [0.2, 0.25) is 0 Å². The van der Waals surface area contributed by atoms with Gasteiger partial charge in [-0.25, -0.2) is 14.8 Å². The van der Waals surface area contributed by atoms with Crippen LogP contribution in [0.5, 0.6) is 0 Å². The molecule has 0 radical (unpaired) electrons. The number of anilines is 1. The Bertz CT molecular complexity index is 950. The normalized spacial score (nSPS) is 13.8. The van der Waals surface area contributed by atoms with Crippen molar-refractivity contribution in [3.05, 3.63) is 53.5 Å². The van der Waals surface area contributed by atoms with E-state index in [0.29, 0.717) is 24.2 Å². The molecule has 0 atom stereocenters. The predicted octanol–water partition coefficient (Wildman–Crippen LogP) is 3.95. The summed E-state index contributed by atoms with van der Waals surface area (Å²) in [4.78, 5) is 21.6. The first kappa shape index (κ1) is 17.5. The topological polar surface area (TPSA) is 69.0 Å². The Kier molecular flexibility index (Phi) is 5.05. The fourth-order valence-electron chi connectivity index (χ4n) is 3.80. The molecule has 27 heavy (non-hydrogen) atoms. The van der Waals surface area contributed by atoms with E-state index in [1.165, 1.54) is 11.9 Å². The van der Waals surface area contributed by atoms with E-state index in [9.17, 15) is 4.79 Å². The van der Waals surface area contributed by atoms with Gasteiger partial charge in [0.15, 0.2) is 5.82 Å². The number of rotatable bonds is 5. The van der Waals surface area contributed by atoms with Crippen LogP contribution in [-0.4, -0.2) is 27.1 Å². The highest BCUT2D eigenvalue weighted by atomic mass is 16.5. The lowest BCUT2D eigenvalue weighted by Gasteiger charge is -2.11. The van der Waals surface area contributed by atoms with Crippen LogP contribution in [0, 0.1) is 0 Å². The van der Waals surface area contributed by atoms with Gasteiger partial charge in [-0.2, -0.15) is 0 Å². The lowest BCUT2D eigenvalue weighted by Crippen LogP contribution is -2.09. The molecule has 6 heteroatoms. The SMILES string of the molecule is CCOC(=O)c1c2n(c3c(NCc4ccccc4)ncnc13)CCCCC2. The van der Waals surface area contributed by atoms with Crippen molar-refractivity contribution in [3.8, 4) is 0 Å². The first-order valence-corrected chi connectivity index (χ1v) is 9.60. The number of benzene rings is 1. The van der Waals surface area contributed by atoms with Gasteiger partial charge in [-0.15, -0.1) is 0 Å². The van der Waals surface area contributed by atoms with Crippen LogP contribution >= 0.6 is 0 Å². The Morgan fingerprint density at radius 1 is 1.19 bits per heavy atom. The molecule has 1 aliphatic heterocycles. The summed E-state index contributed by atoms with van der Waals surface area (Å²) in [6.07, 6.45) is 5.71. The molecule has 0 unspecified atom stereocenters. The van der Waals surface area contributed by atoms with E-state index >= 15 is 0 Å². The third kappa shape index (κ3) is 3.39. The molecule has 1 aromatic carbocycles. The number of aromatic nitrogens is 3. The van der Waals surface area contributed by atoms with E-state index in [1.54, 1.807) is 0 Å². The molecule has 1 aliphatic rings. The first-order chi connectivity index (χ1) is 13.3. The monoisotopic (exact) mass is 364 g/mol. The van der Waals surface area contributed by atoms with Gasteiger partial charge in [-0.1, -0.05) is 36.8 Å². The molecule has 2 aromatic heterocycles. The van der Waals surface area contributed by atoms with E-state index in [1.807, 2.05) is 25.1 Å². The number of nitrogens with one attached hydrogen (secondary N) is 1. The number of ether oxygens (including phenoxy) is 1. The highest BCUT2D eigenvalue weighted by Crippen LogP contribution is 2.33. The number of hydrogen-bond donors (Lipinski definition) is 1. The summed E-state index contributed by atoms with van der Waals surface area (Å²) >= 11 is 0. The standard InChI is InChI=1S/C21H24N4O2/c1-2-27-21(26)17-16-11-7-4-8-12-25(16)19-18(17)23-14-24-20(19)22-13-15-9-5-3-6-10-15/h3,5-6,9-10,14H,2,4,7-8,11-13H2,1H3,(H,22,23,24). The molecule has 1 N–H and O–H groups in total. The Morgan fingerprint density at radius 3 is 2.85 bits per heavy atom. The zero-order chi connectivity index (χ0) is 18.6. The third-order valence-electron chi connectivity index (χ3n) is 5.02. The summed E-state index contributed by atoms with van der Waals surface area (Å²) in [5.41, 5.74) is 4.42. The molecule has 140 valence electrons. The molecule has 0 fully saturated rings. The average Bonchev–Trinajstić information content (AvgIpc) is 2.84. The van der Waals surface area contributed by atoms with Gasteiger partial charge < -0.3 is 14.6 Å². The molecule has 0 bridgehead atoms. The maximum Gasteiger partial charge on any atom is 0.342 e. The number of fused-ring (bicyclic) bond motifs is 3. The van der Waals surface area contributed by atoms with Gasteiger partial charge in [0, 0.05) is 18.8 Å². The van der Waals surface area contributed by atoms with Crippen LogP contribution in [0.15, 0.2) is 36.7 Å². The molecule has 3 heterocycles. The molecule has 0 aliphatic carbocycles.